The molecule has 1 aromatic carbocycles. The van der Waals surface area contributed by atoms with Gasteiger partial charge in [0.15, 0.2) is 17.7 Å². The quantitative estimate of drug-likeness (QED) is 0.326. The highest BCUT2D eigenvalue weighted by Crippen LogP contribution is 2.32. The minimum Gasteiger partial charge on any atom is -0.487 e. The van der Waals surface area contributed by atoms with Gasteiger partial charge in [0.1, 0.15) is 30.3 Å². The molecule has 8 nitrogen and oxygen atoms in total. The van der Waals surface area contributed by atoms with Crippen molar-refractivity contribution in [3.63, 3.8) is 0 Å². The number of oxime groups is 1. The number of piperidine rings is 1. The minimum atomic E-state index is -3.02. The van der Waals surface area contributed by atoms with Gasteiger partial charge in [-0.25, -0.2) is 26.9 Å². The number of aromatic nitrogens is 3. The number of nitrogens with zero attached hydrogens (tertiary/aromatic N) is 5. The summed E-state index contributed by atoms with van der Waals surface area (Å²) in [5.74, 6) is -0.663. The summed E-state index contributed by atoms with van der Waals surface area (Å²) in [4.78, 5) is 24.4. The lowest BCUT2D eigenvalue weighted by Gasteiger charge is -2.31. The van der Waals surface area contributed by atoms with Crippen LogP contribution in [0.3, 0.4) is 0 Å². The van der Waals surface area contributed by atoms with Crippen LogP contribution in [-0.4, -0.2) is 57.1 Å². The molecule has 2 aromatic heterocycles. The van der Waals surface area contributed by atoms with Crippen LogP contribution in [0.25, 0.3) is 0 Å². The summed E-state index contributed by atoms with van der Waals surface area (Å²) in [5, 5.41) is 10.4. The van der Waals surface area contributed by atoms with Crippen molar-refractivity contribution in [1.82, 2.24) is 19.7 Å². The van der Waals surface area contributed by atoms with Gasteiger partial charge in [-0.1, -0.05) is 17.3 Å². The Kier molecular flexibility index (Phi) is 8.10. The number of hydrogen-bond acceptors (Lipinski definition) is 7. The van der Waals surface area contributed by atoms with Crippen LogP contribution in [0.2, 0.25) is 0 Å². The van der Waals surface area contributed by atoms with Gasteiger partial charge in [0.05, 0.1) is 10.7 Å². The summed E-state index contributed by atoms with van der Waals surface area (Å²) in [6.07, 6.45) is -4.69. The third-order valence-electron chi connectivity index (χ3n) is 6.57. The van der Waals surface area contributed by atoms with Crippen molar-refractivity contribution >= 4 is 23.0 Å². The molecular formula is C25H24F5N5O3S. The first kappa shape index (κ1) is 27.0. The topological polar surface area (TPSA) is 81.8 Å². The summed E-state index contributed by atoms with van der Waals surface area (Å²) in [6.45, 7) is 0.369. The highest BCUT2D eigenvalue weighted by molar-refractivity contribution is 7.10. The van der Waals surface area contributed by atoms with E-state index in [4.69, 9.17) is 14.6 Å². The van der Waals surface area contributed by atoms with Gasteiger partial charge in [-0.05, 0) is 31.0 Å². The first-order valence-electron chi connectivity index (χ1n) is 12.3. The van der Waals surface area contributed by atoms with E-state index in [2.05, 4.69) is 10.3 Å². The normalized spacial score (nSPS) is 18.1. The summed E-state index contributed by atoms with van der Waals surface area (Å²) in [7, 11) is 0. The van der Waals surface area contributed by atoms with Crippen molar-refractivity contribution in [1.29, 1.82) is 0 Å². The number of rotatable bonds is 9. The Hall–Kier alpha value is -3.55. The summed E-state index contributed by atoms with van der Waals surface area (Å²) < 4.78 is 72.1. The maximum absolute atomic E-state index is 13.7. The van der Waals surface area contributed by atoms with Crippen LogP contribution >= 0.6 is 11.3 Å². The van der Waals surface area contributed by atoms with Gasteiger partial charge in [-0.2, -0.15) is 5.10 Å². The molecule has 0 saturated carbocycles. The predicted octanol–water partition coefficient (Wildman–Crippen LogP) is 5.33. The van der Waals surface area contributed by atoms with Gasteiger partial charge in [-0.15, -0.1) is 11.3 Å². The van der Waals surface area contributed by atoms with E-state index in [0.717, 1.165) is 5.01 Å². The number of likely N-dealkylation sites (tertiary alicyclic amines) is 1. The zero-order valence-corrected chi connectivity index (χ0v) is 21.3. The number of carbonyl (C=O) groups is 1. The number of para-hydroxylation sites is 1. The van der Waals surface area contributed by atoms with Gasteiger partial charge < -0.3 is 14.5 Å². The largest absolute Gasteiger partial charge is 0.487 e. The number of halogens is 5. The lowest BCUT2D eigenvalue weighted by Crippen LogP contribution is -2.40. The Labute approximate surface area is 224 Å². The standard InChI is InChI=1S/C25H24F5N5O3S/c26-16-3-1-2-4-21(16)37-12-15-9-17(33-38-15)19-13-39-25(31-19)14-5-7-34(8-6-14)22(36)11-35-20(24(29)30)10-18(32-35)23(27)28/h1-4,10,13-15,23-24H,5-9,11-12H2. The molecule has 1 fully saturated rings. The molecule has 0 N–H and O–H groups in total. The van der Waals surface area contributed by atoms with Crippen LogP contribution < -0.4 is 4.74 Å². The van der Waals surface area contributed by atoms with E-state index in [1.54, 1.807) is 18.2 Å². The summed E-state index contributed by atoms with van der Waals surface area (Å²) >= 11 is 1.48. The molecule has 1 unspecified atom stereocenters. The van der Waals surface area contributed by atoms with Crippen molar-refractivity contribution in [2.24, 2.45) is 5.16 Å². The number of alkyl halides is 4. The monoisotopic (exact) mass is 569 g/mol. The van der Waals surface area contributed by atoms with Gasteiger partial charge in [0.25, 0.3) is 12.9 Å². The number of hydrogen-bond donors (Lipinski definition) is 0. The fourth-order valence-corrected chi connectivity index (χ4v) is 5.49. The molecule has 4 heterocycles. The van der Waals surface area contributed by atoms with Gasteiger partial charge >= 0.3 is 0 Å². The second-order valence-corrected chi connectivity index (χ2v) is 10.1. The lowest BCUT2D eigenvalue weighted by molar-refractivity contribution is -0.133. The van der Waals surface area contributed by atoms with Gasteiger partial charge in [0, 0.05) is 30.8 Å². The van der Waals surface area contributed by atoms with Crippen LogP contribution in [0.4, 0.5) is 22.0 Å². The Morgan fingerprint density at radius 1 is 1.15 bits per heavy atom. The van der Waals surface area contributed by atoms with Gasteiger partial charge in [0.2, 0.25) is 5.91 Å². The fraction of sp³-hybridized carbons (Fsp3) is 0.440. The van der Waals surface area contributed by atoms with E-state index in [0.29, 0.717) is 54.5 Å². The van der Waals surface area contributed by atoms with Crippen LogP contribution in [0, 0.1) is 5.82 Å². The van der Waals surface area contributed by atoms with E-state index in [1.807, 2.05) is 5.38 Å². The number of amides is 1. The fourth-order valence-electron chi connectivity index (χ4n) is 4.49. The first-order valence-corrected chi connectivity index (χ1v) is 13.1. The maximum atomic E-state index is 13.7. The third kappa shape index (κ3) is 6.21. The van der Waals surface area contributed by atoms with E-state index in [9.17, 15) is 26.7 Å². The zero-order valence-electron chi connectivity index (χ0n) is 20.5. The molecule has 208 valence electrons. The molecule has 2 aliphatic heterocycles. The van der Waals surface area contributed by atoms with Gasteiger partial charge in [-0.3, -0.25) is 9.48 Å². The number of benzene rings is 1. The smallest absolute Gasteiger partial charge is 0.282 e. The second kappa shape index (κ2) is 11.7. The Balaban J connectivity index is 1.12. The summed E-state index contributed by atoms with van der Waals surface area (Å²) in [5.41, 5.74) is -0.124. The molecule has 0 aliphatic carbocycles. The Bertz CT molecular complexity index is 1340. The van der Waals surface area contributed by atoms with Crippen molar-refractivity contribution in [2.75, 3.05) is 19.7 Å². The molecule has 0 bridgehead atoms. The number of thiazole rings is 1. The van der Waals surface area contributed by atoms with Crippen molar-refractivity contribution in [3.05, 3.63) is 63.6 Å². The van der Waals surface area contributed by atoms with Crippen LogP contribution in [-0.2, 0) is 16.2 Å². The van der Waals surface area contributed by atoms with Crippen LogP contribution in [0.1, 0.15) is 60.1 Å². The second-order valence-electron chi connectivity index (χ2n) is 9.19. The maximum Gasteiger partial charge on any atom is 0.282 e. The molecule has 1 atom stereocenters. The molecule has 5 rings (SSSR count). The minimum absolute atomic E-state index is 0.0997. The third-order valence-corrected chi connectivity index (χ3v) is 7.58. The SMILES string of the molecule is O=C(Cn1nc(C(F)F)cc1C(F)F)N1CCC(c2nc(C3=NOC(COc4ccccc4F)C3)cs2)CC1. The van der Waals surface area contributed by atoms with Crippen molar-refractivity contribution in [3.8, 4) is 5.75 Å². The van der Waals surface area contributed by atoms with E-state index < -0.39 is 42.5 Å². The molecule has 1 amide bonds. The average Bonchev–Trinajstić information content (AvgIpc) is 3.68. The predicted molar refractivity (Wildman–Crippen MR) is 131 cm³/mol. The molecule has 39 heavy (non-hydrogen) atoms. The zero-order chi connectivity index (χ0) is 27.5. The van der Waals surface area contributed by atoms with E-state index in [-0.39, 0.29) is 24.4 Å². The van der Waals surface area contributed by atoms with Crippen LogP contribution in [0.5, 0.6) is 5.75 Å². The number of ether oxygens (including phenoxy) is 1. The van der Waals surface area contributed by atoms with Crippen molar-refractivity contribution in [2.45, 2.75) is 50.7 Å². The Morgan fingerprint density at radius 2 is 1.92 bits per heavy atom. The van der Waals surface area contributed by atoms with Crippen LogP contribution in [0.15, 0.2) is 40.9 Å². The highest BCUT2D eigenvalue weighted by atomic mass is 32.1. The average molecular weight is 570 g/mol. The van der Waals surface area contributed by atoms with Crippen molar-refractivity contribution < 1.29 is 36.3 Å². The molecule has 0 radical (unpaired) electrons. The Morgan fingerprint density at radius 3 is 2.64 bits per heavy atom. The molecule has 3 aromatic rings. The number of carbonyl (C=O) groups excluding carboxylic acids is 1. The molecular weight excluding hydrogens is 545 g/mol. The van der Waals surface area contributed by atoms with E-state index in [1.165, 1.54) is 22.3 Å². The first-order chi connectivity index (χ1) is 18.8. The molecule has 2 aliphatic rings. The lowest BCUT2D eigenvalue weighted by atomic mass is 9.97. The van der Waals surface area contributed by atoms with E-state index >= 15 is 0 Å². The highest BCUT2D eigenvalue weighted by Gasteiger charge is 2.30. The summed E-state index contributed by atoms with van der Waals surface area (Å²) in [6, 6.07) is 6.75. The molecule has 14 heteroatoms. The molecule has 1 saturated heterocycles. The molecule has 0 spiro atoms.